The van der Waals surface area contributed by atoms with Crippen molar-refractivity contribution in [3.8, 4) is 0 Å². The van der Waals surface area contributed by atoms with Gasteiger partial charge in [-0.25, -0.2) is 8.42 Å². The van der Waals surface area contributed by atoms with Gasteiger partial charge in [-0.15, -0.1) is 0 Å². The third-order valence-corrected chi connectivity index (χ3v) is 4.85. The second-order valence-corrected chi connectivity index (χ2v) is 8.03. The molecule has 17 heavy (non-hydrogen) atoms. The number of carbonyl (C=O) groups excluding carboxylic acids is 1. The lowest BCUT2D eigenvalue weighted by Crippen LogP contribution is -2.53. The van der Waals surface area contributed by atoms with E-state index in [1.165, 1.54) is 0 Å². The fraction of sp³-hybridized carbons (Fsp3) is 0.909. The van der Waals surface area contributed by atoms with Crippen molar-refractivity contribution in [3.05, 3.63) is 0 Å². The normalized spacial score (nSPS) is 26.2. The zero-order valence-corrected chi connectivity index (χ0v) is 11.5. The van der Waals surface area contributed by atoms with Crippen molar-refractivity contribution < 1.29 is 13.2 Å². The molecule has 1 heterocycles. The van der Waals surface area contributed by atoms with Crippen LogP contribution < -0.4 is 11.1 Å². The van der Waals surface area contributed by atoms with E-state index in [0.29, 0.717) is 12.8 Å². The third kappa shape index (κ3) is 4.27. The van der Waals surface area contributed by atoms with E-state index in [9.17, 15) is 13.2 Å². The Morgan fingerprint density at radius 3 is 2.47 bits per heavy atom. The van der Waals surface area contributed by atoms with Gasteiger partial charge in [-0.05, 0) is 18.3 Å². The highest BCUT2D eigenvalue weighted by Crippen LogP contribution is 2.18. The summed E-state index contributed by atoms with van der Waals surface area (Å²) >= 11 is 0. The summed E-state index contributed by atoms with van der Waals surface area (Å²) in [4.78, 5) is 11.8. The molecule has 6 heteroatoms. The van der Waals surface area contributed by atoms with Gasteiger partial charge in [0.05, 0.1) is 17.5 Å². The van der Waals surface area contributed by atoms with Crippen molar-refractivity contribution >= 4 is 15.7 Å². The molecule has 3 N–H and O–H groups in total. The Morgan fingerprint density at radius 2 is 2.00 bits per heavy atom. The molecule has 1 aliphatic heterocycles. The zero-order valence-electron chi connectivity index (χ0n) is 10.7. The first-order chi connectivity index (χ1) is 7.62. The fourth-order valence-electron chi connectivity index (χ4n) is 1.82. The number of nitrogens with one attached hydrogen (secondary N) is 1. The molecule has 1 fully saturated rings. The largest absolute Gasteiger partial charge is 0.351 e. The molecule has 2 unspecified atom stereocenters. The second kappa shape index (κ2) is 4.94. The van der Waals surface area contributed by atoms with Crippen LogP contribution in [-0.4, -0.2) is 37.9 Å². The minimum Gasteiger partial charge on any atom is -0.351 e. The maximum absolute atomic E-state index is 11.8. The van der Waals surface area contributed by atoms with Gasteiger partial charge in [-0.2, -0.15) is 0 Å². The Kier molecular flexibility index (Phi) is 4.19. The molecule has 0 spiro atoms. The fourth-order valence-corrected chi connectivity index (χ4v) is 3.46. The molecular weight excluding hydrogens is 240 g/mol. The van der Waals surface area contributed by atoms with Crippen LogP contribution >= 0.6 is 0 Å². The van der Waals surface area contributed by atoms with Crippen LogP contribution in [0.5, 0.6) is 0 Å². The molecule has 1 rings (SSSR count). The number of nitrogens with two attached hydrogens (primary N) is 1. The summed E-state index contributed by atoms with van der Waals surface area (Å²) in [6, 6.07) is -0.901. The highest BCUT2D eigenvalue weighted by atomic mass is 32.2. The summed E-state index contributed by atoms with van der Waals surface area (Å²) in [7, 11) is -2.99. The predicted octanol–water partition coefficient (Wildman–Crippen LogP) is 0.0532. The molecule has 1 amide bonds. The van der Waals surface area contributed by atoms with Gasteiger partial charge in [-0.3, -0.25) is 4.79 Å². The molecule has 5 nitrogen and oxygen atoms in total. The van der Waals surface area contributed by atoms with E-state index in [2.05, 4.69) is 5.32 Å². The Bertz CT molecular complexity index is 384. The quantitative estimate of drug-likeness (QED) is 0.736. The van der Waals surface area contributed by atoms with Gasteiger partial charge in [0, 0.05) is 6.04 Å². The summed E-state index contributed by atoms with van der Waals surface area (Å²) in [5.74, 6) is -0.0000750. The van der Waals surface area contributed by atoms with Crippen LogP contribution in [-0.2, 0) is 14.6 Å². The predicted molar refractivity (Wildman–Crippen MR) is 67.2 cm³/mol. The van der Waals surface area contributed by atoms with Gasteiger partial charge in [0.1, 0.15) is 0 Å². The number of sulfone groups is 1. The monoisotopic (exact) mass is 262 g/mol. The van der Waals surface area contributed by atoms with E-state index in [4.69, 9.17) is 5.73 Å². The van der Waals surface area contributed by atoms with Crippen LogP contribution in [0, 0.1) is 5.41 Å². The lowest BCUT2D eigenvalue weighted by atomic mass is 9.87. The molecule has 1 aliphatic rings. The minimum atomic E-state index is -2.99. The van der Waals surface area contributed by atoms with Crippen molar-refractivity contribution in [2.75, 3.05) is 11.5 Å². The Hall–Kier alpha value is -0.620. The molecular formula is C11H22N2O3S. The van der Waals surface area contributed by atoms with Crippen LogP contribution in [0.4, 0.5) is 0 Å². The third-order valence-electron chi connectivity index (χ3n) is 3.02. The smallest absolute Gasteiger partial charge is 0.237 e. The molecule has 0 aromatic carbocycles. The maximum Gasteiger partial charge on any atom is 0.237 e. The lowest BCUT2D eigenvalue weighted by Gasteiger charge is -2.29. The molecule has 0 saturated carbocycles. The van der Waals surface area contributed by atoms with Crippen molar-refractivity contribution in [2.45, 2.75) is 45.7 Å². The molecule has 0 aliphatic carbocycles. The number of hydrogen-bond acceptors (Lipinski definition) is 4. The van der Waals surface area contributed by atoms with Gasteiger partial charge in [0.25, 0.3) is 0 Å². The first kappa shape index (κ1) is 14.4. The van der Waals surface area contributed by atoms with Gasteiger partial charge in [-0.1, -0.05) is 20.8 Å². The van der Waals surface area contributed by atoms with E-state index in [0.717, 1.165) is 0 Å². The van der Waals surface area contributed by atoms with Crippen molar-refractivity contribution in [2.24, 2.45) is 11.1 Å². The first-order valence-electron chi connectivity index (χ1n) is 5.88. The molecule has 0 aromatic rings. The van der Waals surface area contributed by atoms with E-state index in [-0.39, 0.29) is 28.9 Å². The second-order valence-electron chi connectivity index (χ2n) is 5.81. The first-order valence-corrected chi connectivity index (χ1v) is 7.70. The van der Waals surface area contributed by atoms with Gasteiger partial charge < -0.3 is 11.1 Å². The van der Waals surface area contributed by atoms with Crippen molar-refractivity contribution in [3.63, 3.8) is 0 Å². The Balaban J connectivity index is 2.58. The molecule has 0 radical (unpaired) electrons. The molecule has 1 saturated heterocycles. The van der Waals surface area contributed by atoms with Gasteiger partial charge in [0.2, 0.25) is 5.91 Å². The number of rotatable bonds is 2. The van der Waals surface area contributed by atoms with Crippen LogP contribution in [0.25, 0.3) is 0 Å². The standard InChI is InChI=1S/C11H22N2O3S/c1-11(2,3)9(12)10(14)13-8-5-4-6-17(15,16)7-8/h8-9H,4-7,12H2,1-3H3,(H,13,14). The van der Waals surface area contributed by atoms with E-state index in [1.807, 2.05) is 20.8 Å². The van der Waals surface area contributed by atoms with Crippen molar-refractivity contribution in [1.29, 1.82) is 0 Å². The Morgan fingerprint density at radius 1 is 1.41 bits per heavy atom. The maximum atomic E-state index is 11.8. The van der Waals surface area contributed by atoms with E-state index >= 15 is 0 Å². The topological polar surface area (TPSA) is 89.3 Å². The van der Waals surface area contributed by atoms with Crippen LogP contribution in [0.2, 0.25) is 0 Å². The summed E-state index contributed by atoms with van der Waals surface area (Å²) in [5.41, 5.74) is 5.50. The number of amides is 1. The average molecular weight is 262 g/mol. The lowest BCUT2D eigenvalue weighted by molar-refractivity contribution is -0.125. The molecule has 2 atom stereocenters. The van der Waals surface area contributed by atoms with Gasteiger partial charge >= 0.3 is 0 Å². The van der Waals surface area contributed by atoms with Crippen molar-refractivity contribution in [1.82, 2.24) is 5.32 Å². The SMILES string of the molecule is CC(C)(C)C(N)C(=O)NC1CCCS(=O)(=O)C1. The van der Waals surface area contributed by atoms with E-state index in [1.54, 1.807) is 0 Å². The number of carbonyl (C=O) groups is 1. The molecule has 0 aromatic heterocycles. The molecule has 0 bridgehead atoms. The summed E-state index contributed by atoms with van der Waals surface area (Å²) in [5, 5.41) is 2.74. The van der Waals surface area contributed by atoms with Crippen LogP contribution in [0.3, 0.4) is 0 Å². The highest BCUT2D eigenvalue weighted by Gasteiger charge is 2.31. The number of hydrogen-bond donors (Lipinski definition) is 2. The highest BCUT2D eigenvalue weighted by molar-refractivity contribution is 7.91. The average Bonchev–Trinajstić information content (AvgIpc) is 2.13. The Labute approximate surface area is 103 Å². The van der Waals surface area contributed by atoms with Crippen LogP contribution in [0.15, 0.2) is 0 Å². The summed E-state index contributed by atoms with van der Waals surface area (Å²) < 4.78 is 22.9. The minimum absolute atomic E-state index is 0.0373. The zero-order chi connectivity index (χ0) is 13.3. The summed E-state index contributed by atoms with van der Waals surface area (Å²) in [6.07, 6.45) is 1.32. The molecule has 100 valence electrons. The van der Waals surface area contributed by atoms with Gasteiger partial charge in [0.15, 0.2) is 9.84 Å². The van der Waals surface area contributed by atoms with E-state index < -0.39 is 15.9 Å². The van der Waals surface area contributed by atoms with Crippen LogP contribution in [0.1, 0.15) is 33.6 Å². The summed E-state index contributed by atoms with van der Waals surface area (Å²) in [6.45, 7) is 5.65.